The van der Waals surface area contributed by atoms with Gasteiger partial charge in [-0.3, -0.25) is 0 Å². The van der Waals surface area contributed by atoms with Crippen molar-refractivity contribution in [2.24, 2.45) is 0 Å². The predicted octanol–water partition coefficient (Wildman–Crippen LogP) is 2.60. The Bertz CT molecular complexity index is 780. The van der Waals surface area contributed by atoms with Crippen LogP contribution in [0.5, 0.6) is 5.88 Å². The molecule has 0 fully saturated rings. The maximum Gasteiger partial charge on any atom is 0.336 e. The lowest BCUT2D eigenvalue weighted by Crippen LogP contribution is -2.00. The van der Waals surface area contributed by atoms with E-state index in [1.54, 1.807) is 0 Å². The molecule has 0 atom stereocenters. The predicted molar refractivity (Wildman–Crippen MR) is 70.8 cm³/mol. The Morgan fingerprint density at radius 1 is 1.30 bits per heavy atom. The molecule has 0 aliphatic heterocycles. The zero-order valence-corrected chi connectivity index (χ0v) is 10.5. The molecule has 1 aromatic carbocycles. The summed E-state index contributed by atoms with van der Waals surface area (Å²) in [7, 11) is 1.41. The maximum absolute atomic E-state index is 11.4. The van der Waals surface area contributed by atoms with Gasteiger partial charge < -0.3 is 14.4 Å². The summed E-state index contributed by atoms with van der Waals surface area (Å²) >= 11 is 0. The van der Waals surface area contributed by atoms with Gasteiger partial charge in [0, 0.05) is 11.6 Å². The fraction of sp³-hybridized carbons (Fsp3) is 0.0714. The van der Waals surface area contributed by atoms with E-state index in [-0.39, 0.29) is 17.2 Å². The van der Waals surface area contributed by atoms with Gasteiger partial charge in [0.15, 0.2) is 0 Å². The van der Waals surface area contributed by atoms with Crippen LogP contribution in [0, 0.1) is 0 Å². The van der Waals surface area contributed by atoms with E-state index < -0.39 is 5.97 Å². The van der Waals surface area contributed by atoms with Crippen molar-refractivity contribution in [1.82, 2.24) is 10.1 Å². The second-order valence-electron chi connectivity index (χ2n) is 4.09. The van der Waals surface area contributed by atoms with Gasteiger partial charge in [-0.05, 0) is 0 Å². The summed E-state index contributed by atoms with van der Waals surface area (Å²) in [5.74, 6) is -0.915. The summed E-state index contributed by atoms with van der Waals surface area (Å²) in [6, 6.07) is 10.6. The summed E-state index contributed by atoms with van der Waals surface area (Å²) in [6.45, 7) is 0. The highest BCUT2D eigenvalue weighted by molar-refractivity contribution is 6.06. The summed E-state index contributed by atoms with van der Waals surface area (Å²) in [4.78, 5) is 15.5. The largest absolute Gasteiger partial charge is 0.481 e. The van der Waals surface area contributed by atoms with E-state index in [2.05, 4.69) is 10.1 Å². The molecule has 0 spiro atoms. The monoisotopic (exact) mass is 270 g/mol. The van der Waals surface area contributed by atoms with Crippen LogP contribution in [0.4, 0.5) is 0 Å². The Morgan fingerprint density at radius 2 is 2.05 bits per heavy atom. The van der Waals surface area contributed by atoms with E-state index >= 15 is 0 Å². The van der Waals surface area contributed by atoms with Crippen LogP contribution < -0.4 is 4.74 Å². The van der Waals surface area contributed by atoms with Gasteiger partial charge >= 0.3 is 5.97 Å². The molecule has 0 unspecified atom stereocenters. The van der Waals surface area contributed by atoms with Gasteiger partial charge in [0.05, 0.1) is 18.1 Å². The van der Waals surface area contributed by atoms with Gasteiger partial charge in [0.1, 0.15) is 5.69 Å². The van der Waals surface area contributed by atoms with Crippen molar-refractivity contribution in [1.29, 1.82) is 0 Å². The molecule has 2 heterocycles. The van der Waals surface area contributed by atoms with Crippen molar-refractivity contribution in [3.05, 3.63) is 42.0 Å². The molecule has 100 valence electrons. The zero-order chi connectivity index (χ0) is 14.1. The third-order valence-electron chi connectivity index (χ3n) is 2.91. The molecule has 0 saturated heterocycles. The molecule has 1 N–H and O–H groups in total. The van der Waals surface area contributed by atoms with Crippen LogP contribution in [0.15, 0.2) is 40.9 Å². The van der Waals surface area contributed by atoms with E-state index in [0.717, 1.165) is 5.56 Å². The summed E-state index contributed by atoms with van der Waals surface area (Å²) in [6.07, 6.45) is 0. The number of aromatic nitrogens is 2. The van der Waals surface area contributed by atoms with E-state index in [1.165, 1.54) is 13.2 Å². The molecule has 0 radical (unpaired) electrons. The van der Waals surface area contributed by atoms with E-state index in [9.17, 15) is 9.90 Å². The smallest absolute Gasteiger partial charge is 0.336 e. The number of fused-ring (bicyclic) bond motifs is 1. The molecule has 0 aliphatic rings. The van der Waals surface area contributed by atoms with Crippen molar-refractivity contribution in [2.75, 3.05) is 7.11 Å². The number of methoxy groups -OCH3 is 1. The number of hydrogen-bond acceptors (Lipinski definition) is 5. The first-order chi connectivity index (χ1) is 9.70. The summed E-state index contributed by atoms with van der Waals surface area (Å²) in [5, 5.41) is 13.6. The number of benzene rings is 1. The first-order valence-electron chi connectivity index (χ1n) is 5.84. The number of carboxylic acids is 1. The van der Waals surface area contributed by atoms with E-state index in [1.807, 2.05) is 30.3 Å². The van der Waals surface area contributed by atoms with E-state index in [4.69, 9.17) is 9.26 Å². The van der Waals surface area contributed by atoms with Crippen LogP contribution in [0.25, 0.3) is 22.4 Å². The van der Waals surface area contributed by atoms with Crippen LogP contribution in [0.3, 0.4) is 0 Å². The maximum atomic E-state index is 11.4. The minimum Gasteiger partial charge on any atom is -0.481 e. The van der Waals surface area contributed by atoms with Crippen molar-refractivity contribution in [2.45, 2.75) is 0 Å². The highest BCUT2D eigenvalue weighted by Gasteiger charge is 2.21. The second-order valence-corrected chi connectivity index (χ2v) is 4.09. The van der Waals surface area contributed by atoms with Crippen LogP contribution in [-0.4, -0.2) is 28.3 Å². The fourth-order valence-electron chi connectivity index (χ4n) is 1.99. The fourth-order valence-corrected chi connectivity index (χ4v) is 1.99. The molecule has 0 amide bonds. The molecule has 0 saturated carbocycles. The molecule has 2 aromatic heterocycles. The van der Waals surface area contributed by atoms with Crippen LogP contribution in [0.1, 0.15) is 10.4 Å². The number of ether oxygens (including phenoxy) is 1. The number of rotatable bonds is 3. The average molecular weight is 270 g/mol. The third kappa shape index (κ3) is 1.87. The molecular formula is C14H10N2O4. The summed E-state index contributed by atoms with van der Waals surface area (Å²) < 4.78 is 10.1. The first kappa shape index (κ1) is 12.2. The zero-order valence-electron chi connectivity index (χ0n) is 10.5. The molecule has 3 rings (SSSR count). The average Bonchev–Trinajstić information content (AvgIpc) is 2.90. The molecule has 6 heteroatoms. The minimum atomic E-state index is -1.09. The molecule has 3 aromatic rings. The highest BCUT2D eigenvalue weighted by Crippen LogP contribution is 2.31. The number of aromatic carboxylic acids is 1. The van der Waals surface area contributed by atoms with E-state index in [0.29, 0.717) is 11.1 Å². The number of hydrogen-bond donors (Lipinski definition) is 1. The molecular weight excluding hydrogens is 260 g/mol. The van der Waals surface area contributed by atoms with Crippen LogP contribution >= 0.6 is 0 Å². The number of carbonyl (C=O) groups is 1. The lowest BCUT2D eigenvalue weighted by molar-refractivity contribution is 0.0698. The van der Waals surface area contributed by atoms with Gasteiger partial charge in [-0.25, -0.2) is 4.79 Å². The first-order valence-corrected chi connectivity index (χ1v) is 5.84. The van der Waals surface area contributed by atoms with Gasteiger partial charge in [-0.2, -0.15) is 4.98 Å². The van der Waals surface area contributed by atoms with Gasteiger partial charge in [0.25, 0.3) is 5.71 Å². The molecule has 6 nitrogen and oxygen atoms in total. The van der Waals surface area contributed by atoms with Gasteiger partial charge in [-0.1, -0.05) is 35.5 Å². The number of carboxylic acid groups (broad SMARTS) is 1. The van der Waals surface area contributed by atoms with Crippen molar-refractivity contribution in [3.63, 3.8) is 0 Å². The van der Waals surface area contributed by atoms with Crippen molar-refractivity contribution in [3.8, 4) is 17.1 Å². The molecule has 20 heavy (non-hydrogen) atoms. The normalized spacial score (nSPS) is 10.7. The topological polar surface area (TPSA) is 85.5 Å². The lowest BCUT2D eigenvalue weighted by atomic mass is 10.1. The minimum absolute atomic E-state index is 0.0481. The Kier molecular flexibility index (Phi) is 2.83. The standard InChI is InChI=1S/C14H10N2O4/c1-19-10-7-9(14(17)18)11-12(16-20-13(11)15-10)8-5-3-2-4-6-8/h2-7H,1H3,(H,17,18). The highest BCUT2D eigenvalue weighted by atomic mass is 16.5. The molecule has 0 aliphatic carbocycles. The summed E-state index contributed by atoms with van der Waals surface area (Å²) in [5.41, 5.74) is 1.40. The third-order valence-corrected chi connectivity index (χ3v) is 2.91. The Morgan fingerprint density at radius 3 is 2.70 bits per heavy atom. The second kappa shape index (κ2) is 4.65. The van der Waals surface area contributed by atoms with Crippen LogP contribution in [0.2, 0.25) is 0 Å². The molecule has 0 bridgehead atoms. The van der Waals surface area contributed by atoms with Crippen LogP contribution in [-0.2, 0) is 0 Å². The Hall–Kier alpha value is -2.89. The number of pyridine rings is 1. The number of nitrogens with zero attached hydrogens (tertiary/aromatic N) is 2. The SMILES string of the molecule is COc1cc(C(=O)O)c2c(-c3ccccc3)noc2n1. The van der Waals surface area contributed by atoms with Gasteiger partial charge in [0.2, 0.25) is 5.88 Å². The van der Waals surface area contributed by atoms with Crippen molar-refractivity contribution < 1.29 is 19.2 Å². The van der Waals surface area contributed by atoms with Gasteiger partial charge in [-0.15, -0.1) is 0 Å². The Balaban J connectivity index is 2.33. The Labute approximate surface area is 113 Å². The van der Waals surface area contributed by atoms with Crippen molar-refractivity contribution >= 4 is 17.1 Å². The lowest BCUT2D eigenvalue weighted by Gasteiger charge is -2.02. The quantitative estimate of drug-likeness (QED) is 0.787.